The molecule has 1 heterocycles. The highest BCUT2D eigenvalue weighted by Gasteiger charge is 2.26. The summed E-state index contributed by atoms with van der Waals surface area (Å²) in [7, 11) is 0. The zero-order valence-electron chi connectivity index (χ0n) is 20.3. The van der Waals surface area contributed by atoms with Gasteiger partial charge in [0, 0.05) is 38.1 Å². The molecule has 0 amide bonds. The van der Waals surface area contributed by atoms with Crippen LogP contribution in [-0.2, 0) is 4.74 Å². The van der Waals surface area contributed by atoms with Crippen molar-refractivity contribution >= 4 is 10.8 Å². The number of piperazine rings is 1. The molecule has 180 valence electrons. The van der Waals surface area contributed by atoms with Crippen molar-refractivity contribution in [1.82, 2.24) is 9.80 Å². The largest absolute Gasteiger partial charge is 0.491 e. The number of hydrogen-bond donors (Lipinski definition) is 0. The second-order valence-corrected chi connectivity index (χ2v) is 9.04. The molecule has 1 saturated heterocycles. The fourth-order valence-electron chi connectivity index (χ4n) is 4.96. The maximum Gasteiger partial charge on any atom is 0.127 e. The summed E-state index contributed by atoms with van der Waals surface area (Å²) in [6, 6.07) is 36.6. The van der Waals surface area contributed by atoms with E-state index in [1.54, 1.807) is 0 Å². The molecule has 0 saturated carbocycles. The van der Waals surface area contributed by atoms with Crippen LogP contribution in [0.4, 0.5) is 0 Å². The zero-order chi connectivity index (χ0) is 23.7. The number of hydrogen-bond acceptors (Lipinski definition) is 4. The van der Waals surface area contributed by atoms with Crippen LogP contribution in [-0.4, -0.2) is 62.3 Å². The minimum Gasteiger partial charge on any atom is -0.491 e. The van der Waals surface area contributed by atoms with E-state index in [0.29, 0.717) is 19.3 Å². The maximum absolute atomic E-state index is 5.99. The van der Waals surface area contributed by atoms with E-state index in [9.17, 15) is 0 Å². The van der Waals surface area contributed by atoms with Gasteiger partial charge in [-0.05, 0) is 22.6 Å². The van der Waals surface area contributed by atoms with Crippen LogP contribution in [0, 0.1) is 0 Å². The van der Waals surface area contributed by atoms with Gasteiger partial charge in [0.05, 0.1) is 19.3 Å². The first-order chi connectivity index (χ1) is 17.4. The summed E-state index contributed by atoms with van der Waals surface area (Å²) >= 11 is 0. The lowest BCUT2D eigenvalue weighted by atomic mass is 9.96. The molecule has 0 N–H and O–H groups in total. The molecule has 4 heteroatoms. The summed E-state index contributed by atoms with van der Waals surface area (Å²) in [4.78, 5) is 5.12. The summed E-state index contributed by atoms with van der Waals surface area (Å²) in [5.74, 6) is 0.925. The zero-order valence-corrected chi connectivity index (χ0v) is 20.3. The maximum atomic E-state index is 5.99. The van der Waals surface area contributed by atoms with E-state index in [1.165, 1.54) is 16.5 Å². The third-order valence-corrected chi connectivity index (χ3v) is 6.79. The molecule has 0 aromatic heterocycles. The highest BCUT2D eigenvalue weighted by Crippen LogP contribution is 2.29. The number of nitrogens with zero attached hydrogens (tertiary/aromatic N) is 2. The standard InChI is InChI=1S/C31H34N2O2/c1-3-11-27(12-4-1)31(28-13-5-2-6-14-28)33-20-18-32(19-21-33)22-23-34-24-25-35-30-17-9-15-26-10-7-8-16-29(26)30/h1-17,31H,18-25H2. The molecular formula is C31H34N2O2. The Morgan fingerprint density at radius 2 is 1.23 bits per heavy atom. The van der Waals surface area contributed by atoms with Crippen molar-refractivity contribution in [1.29, 1.82) is 0 Å². The first-order valence-corrected chi connectivity index (χ1v) is 12.6. The molecular weight excluding hydrogens is 432 g/mol. The van der Waals surface area contributed by atoms with Crippen LogP contribution in [0.5, 0.6) is 5.75 Å². The Hall–Kier alpha value is -3.18. The lowest BCUT2D eigenvalue weighted by molar-refractivity contribution is 0.0558. The van der Waals surface area contributed by atoms with Crippen LogP contribution >= 0.6 is 0 Å². The number of fused-ring (bicyclic) bond motifs is 1. The molecule has 0 aliphatic carbocycles. The smallest absolute Gasteiger partial charge is 0.127 e. The topological polar surface area (TPSA) is 24.9 Å². The second kappa shape index (κ2) is 12.0. The molecule has 5 rings (SSSR count). The van der Waals surface area contributed by atoms with Gasteiger partial charge in [0.1, 0.15) is 12.4 Å². The molecule has 0 spiro atoms. The van der Waals surface area contributed by atoms with Gasteiger partial charge in [-0.2, -0.15) is 0 Å². The quantitative estimate of drug-likeness (QED) is 0.282. The highest BCUT2D eigenvalue weighted by atomic mass is 16.5. The summed E-state index contributed by atoms with van der Waals surface area (Å²) in [5, 5.41) is 2.35. The predicted molar refractivity (Wildman–Crippen MR) is 143 cm³/mol. The Morgan fingerprint density at radius 3 is 1.94 bits per heavy atom. The number of rotatable bonds is 10. The van der Waals surface area contributed by atoms with Crippen molar-refractivity contribution < 1.29 is 9.47 Å². The minimum atomic E-state index is 0.307. The molecule has 35 heavy (non-hydrogen) atoms. The van der Waals surface area contributed by atoms with Gasteiger partial charge in [-0.25, -0.2) is 0 Å². The van der Waals surface area contributed by atoms with E-state index in [1.807, 2.05) is 18.2 Å². The first kappa shape index (κ1) is 23.6. The van der Waals surface area contributed by atoms with Gasteiger partial charge in [0.25, 0.3) is 0 Å². The Balaban J connectivity index is 1.06. The fraction of sp³-hybridized carbons (Fsp3) is 0.290. The molecule has 0 bridgehead atoms. The van der Waals surface area contributed by atoms with E-state index in [2.05, 4.69) is 94.7 Å². The van der Waals surface area contributed by atoms with Crippen molar-refractivity contribution in [2.75, 3.05) is 52.5 Å². The lowest BCUT2D eigenvalue weighted by Gasteiger charge is -2.39. The lowest BCUT2D eigenvalue weighted by Crippen LogP contribution is -2.48. The van der Waals surface area contributed by atoms with Gasteiger partial charge in [-0.3, -0.25) is 9.80 Å². The van der Waals surface area contributed by atoms with E-state index in [-0.39, 0.29) is 0 Å². The van der Waals surface area contributed by atoms with E-state index >= 15 is 0 Å². The fourth-order valence-corrected chi connectivity index (χ4v) is 4.96. The van der Waals surface area contributed by atoms with Crippen molar-refractivity contribution in [3.8, 4) is 5.75 Å². The first-order valence-electron chi connectivity index (χ1n) is 12.6. The Kier molecular flexibility index (Phi) is 8.07. The molecule has 0 unspecified atom stereocenters. The van der Waals surface area contributed by atoms with Crippen LogP contribution in [0.1, 0.15) is 17.2 Å². The molecule has 1 fully saturated rings. The minimum absolute atomic E-state index is 0.307. The highest BCUT2D eigenvalue weighted by molar-refractivity contribution is 5.88. The summed E-state index contributed by atoms with van der Waals surface area (Å²) < 4.78 is 11.9. The SMILES string of the molecule is c1ccc(C(c2ccccc2)N2CCN(CCOCCOc3cccc4ccccc34)CC2)cc1. The van der Waals surface area contributed by atoms with Crippen molar-refractivity contribution in [3.63, 3.8) is 0 Å². The van der Waals surface area contributed by atoms with Crippen LogP contribution in [0.25, 0.3) is 10.8 Å². The Bertz CT molecular complexity index is 1130. The van der Waals surface area contributed by atoms with E-state index < -0.39 is 0 Å². The molecule has 1 aliphatic rings. The van der Waals surface area contributed by atoms with E-state index in [4.69, 9.17) is 9.47 Å². The number of benzene rings is 4. The second-order valence-electron chi connectivity index (χ2n) is 9.04. The van der Waals surface area contributed by atoms with Crippen LogP contribution < -0.4 is 4.74 Å². The molecule has 4 aromatic carbocycles. The van der Waals surface area contributed by atoms with Crippen LogP contribution in [0.2, 0.25) is 0 Å². The van der Waals surface area contributed by atoms with Gasteiger partial charge < -0.3 is 9.47 Å². The molecule has 0 atom stereocenters. The molecule has 1 aliphatic heterocycles. The van der Waals surface area contributed by atoms with Gasteiger partial charge in [0.15, 0.2) is 0 Å². The predicted octanol–water partition coefficient (Wildman–Crippen LogP) is 5.64. The normalized spacial score (nSPS) is 15.0. The van der Waals surface area contributed by atoms with Gasteiger partial charge in [0.2, 0.25) is 0 Å². The van der Waals surface area contributed by atoms with Crippen molar-refractivity contribution in [2.45, 2.75) is 6.04 Å². The van der Waals surface area contributed by atoms with Crippen LogP contribution in [0.3, 0.4) is 0 Å². The summed E-state index contributed by atoms with van der Waals surface area (Å²) in [6.45, 7) is 7.10. The average molecular weight is 467 g/mol. The Labute approximate surface area is 208 Å². The summed E-state index contributed by atoms with van der Waals surface area (Å²) in [6.07, 6.45) is 0. The third-order valence-electron chi connectivity index (χ3n) is 6.79. The van der Waals surface area contributed by atoms with Gasteiger partial charge in [-0.15, -0.1) is 0 Å². The average Bonchev–Trinajstić information content (AvgIpc) is 2.93. The summed E-state index contributed by atoms with van der Waals surface area (Å²) in [5.41, 5.74) is 2.73. The Morgan fingerprint density at radius 1 is 0.600 bits per heavy atom. The van der Waals surface area contributed by atoms with Gasteiger partial charge in [-0.1, -0.05) is 97.1 Å². The van der Waals surface area contributed by atoms with E-state index in [0.717, 1.165) is 50.5 Å². The monoisotopic (exact) mass is 466 g/mol. The molecule has 4 aromatic rings. The van der Waals surface area contributed by atoms with Gasteiger partial charge >= 0.3 is 0 Å². The molecule has 0 radical (unpaired) electrons. The van der Waals surface area contributed by atoms with Crippen molar-refractivity contribution in [3.05, 3.63) is 114 Å². The third kappa shape index (κ3) is 6.09. The van der Waals surface area contributed by atoms with Crippen LogP contribution in [0.15, 0.2) is 103 Å². The van der Waals surface area contributed by atoms with Crippen molar-refractivity contribution in [2.24, 2.45) is 0 Å². The number of ether oxygens (including phenoxy) is 2. The molecule has 4 nitrogen and oxygen atoms in total.